The first kappa shape index (κ1) is 15.1. The van der Waals surface area contributed by atoms with Crippen LogP contribution >= 0.6 is 11.6 Å². The molecular formula is C13H14ClF3N2O. The van der Waals surface area contributed by atoms with E-state index >= 15 is 0 Å². The number of hydrogen-bond donors (Lipinski definition) is 0. The molecule has 1 aliphatic rings. The average Bonchev–Trinajstić information content (AvgIpc) is 2.37. The highest BCUT2D eigenvalue weighted by atomic mass is 35.5. The van der Waals surface area contributed by atoms with Gasteiger partial charge in [0.05, 0.1) is 16.5 Å². The molecule has 2 rings (SSSR count). The number of amides is 1. The number of pyridine rings is 1. The van der Waals surface area contributed by atoms with Gasteiger partial charge < -0.3 is 4.90 Å². The Balaban J connectivity index is 2.16. The number of aryl methyl sites for hydroxylation is 1. The van der Waals surface area contributed by atoms with E-state index in [1.807, 2.05) is 0 Å². The average molecular weight is 307 g/mol. The number of nitrogens with zero attached hydrogens (tertiary/aromatic N) is 2. The second-order valence-corrected chi connectivity index (χ2v) is 5.34. The Morgan fingerprint density at radius 1 is 1.50 bits per heavy atom. The van der Waals surface area contributed by atoms with Crippen LogP contribution in [-0.4, -0.2) is 35.1 Å². The van der Waals surface area contributed by atoms with Gasteiger partial charge >= 0.3 is 6.18 Å². The standard InChI is InChI=1S/C13H14ClF3N2O/c1-8-5-11(14)10(6-18-8)12(20)19-4-2-3-9(7-19)13(15,16)17/h5-6,9H,2-4,7H2,1H3. The summed E-state index contributed by atoms with van der Waals surface area (Å²) in [7, 11) is 0. The lowest BCUT2D eigenvalue weighted by molar-refractivity contribution is -0.184. The molecule has 0 spiro atoms. The van der Waals surface area contributed by atoms with E-state index in [1.54, 1.807) is 6.92 Å². The minimum Gasteiger partial charge on any atom is -0.338 e. The normalized spacial score (nSPS) is 20.1. The van der Waals surface area contributed by atoms with Crippen molar-refractivity contribution in [1.29, 1.82) is 0 Å². The zero-order valence-electron chi connectivity index (χ0n) is 10.9. The molecule has 110 valence electrons. The molecule has 1 fully saturated rings. The number of rotatable bonds is 1. The topological polar surface area (TPSA) is 33.2 Å². The van der Waals surface area contributed by atoms with E-state index in [0.717, 1.165) is 0 Å². The third kappa shape index (κ3) is 3.23. The quantitative estimate of drug-likeness (QED) is 0.796. The zero-order chi connectivity index (χ0) is 14.9. The van der Waals surface area contributed by atoms with Gasteiger partial charge in [0.1, 0.15) is 0 Å². The van der Waals surface area contributed by atoms with Crippen molar-refractivity contribution in [3.63, 3.8) is 0 Å². The third-order valence-electron chi connectivity index (χ3n) is 3.39. The van der Waals surface area contributed by atoms with Gasteiger partial charge in [-0.2, -0.15) is 13.2 Å². The van der Waals surface area contributed by atoms with Crippen LogP contribution < -0.4 is 0 Å². The van der Waals surface area contributed by atoms with Crippen molar-refractivity contribution in [2.75, 3.05) is 13.1 Å². The van der Waals surface area contributed by atoms with Crippen molar-refractivity contribution < 1.29 is 18.0 Å². The highest BCUT2D eigenvalue weighted by Crippen LogP contribution is 2.33. The molecule has 7 heteroatoms. The van der Waals surface area contributed by atoms with E-state index in [2.05, 4.69) is 4.98 Å². The first-order valence-corrected chi connectivity index (χ1v) is 6.65. The predicted octanol–water partition coefficient (Wildman–Crippen LogP) is 3.46. The molecule has 3 nitrogen and oxygen atoms in total. The predicted molar refractivity (Wildman–Crippen MR) is 68.7 cm³/mol. The van der Waals surface area contributed by atoms with Crippen LogP contribution in [0.25, 0.3) is 0 Å². The van der Waals surface area contributed by atoms with Gasteiger partial charge in [-0.1, -0.05) is 11.6 Å². The van der Waals surface area contributed by atoms with Gasteiger partial charge in [0.25, 0.3) is 5.91 Å². The fourth-order valence-electron chi connectivity index (χ4n) is 2.28. The summed E-state index contributed by atoms with van der Waals surface area (Å²) in [6.07, 6.45) is -2.55. The molecular weight excluding hydrogens is 293 g/mol. The van der Waals surface area contributed by atoms with Crippen molar-refractivity contribution in [2.45, 2.75) is 25.9 Å². The van der Waals surface area contributed by atoms with E-state index in [9.17, 15) is 18.0 Å². The SMILES string of the molecule is Cc1cc(Cl)c(C(=O)N2CCCC(C(F)(F)F)C2)cn1. The van der Waals surface area contributed by atoms with Crippen LogP contribution in [0.4, 0.5) is 13.2 Å². The van der Waals surface area contributed by atoms with Crippen molar-refractivity contribution in [3.05, 3.63) is 28.5 Å². The molecule has 0 saturated carbocycles. The maximum atomic E-state index is 12.7. The van der Waals surface area contributed by atoms with Gasteiger partial charge in [0.2, 0.25) is 0 Å². The van der Waals surface area contributed by atoms with Gasteiger partial charge in [0.15, 0.2) is 0 Å². The molecule has 1 amide bonds. The number of likely N-dealkylation sites (tertiary alicyclic amines) is 1. The number of alkyl halides is 3. The van der Waals surface area contributed by atoms with Crippen molar-refractivity contribution >= 4 is 17.5 Å². The monoisotopic (exact) mass is 306 g/mol. The molecule has 0 aliphatic carbocycles. The van der Waals surface area contributed by atoms with Crippen LogP contribution in [-0.2, 0) is 0 Å². The van der Waals surface area contributed by atoms with Crippen LogP contribution in [0.5, 0.6) is 0 Å². The largest absolute Gasteiger partial charge is 0.393 e. The minimum atomic E-state index is -4.27. The summed E-state index contributed by atoms with van der Waals surface area (Å²) >= 11 is 5.96. The molecule has 0 radical (unpaired) electrons. The molecule has 0 aromatic carbocycles. The Hall–Kier alpha value is -1.30. The molecule has 1 aromatic heterocycles. The minimum absolute atomic E-state index is 0.0627. The molecule has 0 bridgehead atoms. The molecule has 1 atom stereocenters. The lowest BCUT2D eigenvalue weighted by Gasteiger charge is -2.33. The zero-order valence-corrected chi connectivity index (χ0v) is 11.6. The van der Waals surface area contributed by atoms with Gasteiger partial charge in [0, 0.05) is 25.0 Å². The number of carbonyl (C=O) groups is 1. The van der Waals surface area contributed by atoms with E-state index in [0.29, 0.717) is 18.7 Å². The molecule has 20 heavy (non-hydrogen) atoms. The van der Waals surface area contributed by atoms with Gasteiger partial charge in [-0.25, -0.2) is 0 Å². The van der Waals surface area contributed by atoms with Crippen molar-refractivity contribution in [1.82, 2.24) is 9.88 Å². The Kier molecular flexibility index (Phi) is 4.22. The summed E-state index contributed by atoms with van der Waals surface area (Å²) in [4.78, 5) is 17.4. The number of aromatic nitrogens is 1. The molecule has 1 unspecified atom stereocenters. The van der Waals surface area contributed by atoms with Crippen LogP contribution in [0, 0.1) is 12.8 Å². The summed E-state index contributed by atoms with van der Waals surface area (Å²) < 4.78 is 38.2. The number of hydrogen-bond acceptors (Lipinski definition) is 2. The van der Waals surface area contributed by atoms with Crippen LogP contribution in [0.3, 0.4) is 0 Å². The summed E-state index contributed by atoms with van der Waals surface area (Å²) in [5, 5.41) is 0.219. The summed E-state index contributed by atoms with van der Waals surface area (Å²) in [5.41, 5.74) is 0.804. The molecule has 1 aromatic rings. The smallest absolute Gasteiger partial charge is 0.338 e. The van der Waals surface area contributed by atoms with Crippen LogP contribution in [0.15, 0.2) is 12.3 Å². The second-order valence-electron chi connectivity index (χ2n) is 4.94. The van der Waals surface area contributed by atoms with Crippen molar-refractivity contribution in [2.24, 2.45) is 5.92 Å². The highest BCUT2D eigenvalue weighted by Gasteiger charge is 2.42. The van der Waals surface area contributed by atoms with Gasteiger partial charge in [-0.15, -0.1) is 0 Å². The van der Waals surface area contributed by atoms with Crippen LogP contribution in [0.2, 0.25) is 5.02 Å². The molecule has 1 aliphatic heterocycles. The lowest BCUT2D eigenvalue weighted by atomic mass is 9.97. The van der Waals surface area contributed by atoms with Crippen LogP contribution in [0.1, 0.15) is 28.9 Å². The second kappa shape index (κ2) is 5.60. The third-order valence-corrected chi connectivity index (χ3v) is 3.70. The Labute approximate surface area is 119 Å². The summed E-state index contributed by atoms with van der Waals surface area (Å²) in [6.45, 7) is 1.73. The van der Waals surface area contributed by atoms with Gasteiger partial charge in [-0.3, -0.25) is 9.78 Å². The molecule has 2 heterocycles. The van der Waals surface area contributed by atoms with E-state index in [1.165, 1.54) is 17.2 Å². The first-order valence-electron chi connectivity index (χ1n) is 6.27. The fraction of sp³-hybridized carbons (Fsp3) is 0.538. The number of halogens is 4. The Bertz CT molecular complexity index is 519. The number of piperidine rings is 1. The summed E-state index contributed by atoms with van der Waals surface area (Å²) in [6, 6.07) is 1.53. The lowest BCUT2D eigenvalue weighted by Crippen LogP contribution is -2.44. The molecule has 0 N–H and O–H groups in total. The maximum absolute atomic E-state index is 12.7. The number of carbonyl (C=O) groups excluding carboxylic acids is 1. The van der Waals surface area contributed by atoms with E-state index < -0.39 is 18.0 Å². The fourth-order valence-corrected chi connectivity index (χ4v) is 2.57. The van der Waals surface area contributed by atoms with E-state index in [-0.39, 0.29) is 23.6 Å². The van der Waals surface area contributed by atoms with Crippen molar-refractivity contribution in [3.8, 4) is 0 Å². The van der Waals surface area contributed by atoms with Gasteiger partial charge in [-0.05, 0) is 25.8 Å². The Morgan fingerprint density at radius 2 is 2.20 bits per heavy atom. The molecule has 1 saturated heterocycles. The van der Waals surface area contributed by atoms with E-state index in [4.69, 9.17) is 11.6 Å². The summed E-state index contributed by atoms with van der Waals surface area (Å²) in [5.74, 6) is -1.95. The first-order chi connectivity index (χ1) is 9.29. The maximum Gasteiger partial charge on any atom is 0.393 e. The Morgan fingerprint density at radius 3 is 2.80 bits per heavy atom. The highest BCUT2D eigenvalue weighted by molar-refractivity contribution is 6.33.